The highest BCUT2D eigenvalue weighted by atomic mass is 16.2. The number of rotatable bonds is 2. The Morgan fingerprint density at radius 1 is 1.45 bits per heavy atom. The van der Waals surface area contributed by atoms with Crippen LogP contribution in [0.2, 0.25) is 0 Å². The third-order valence-electron chi connectivity index (χ3n) is 1.35. The number of carbonyl (C=O) groups excluding carboxylic acids is 1. The van der Waals surface area contributed by atoms with E-state index in [1.165, 1.54) is 5.01 Å². The van der Waals surface area contributed by atoms with Crippen molar-refractivity contribution in [2.24, 2.45) is 5.10 Å². The lowest BCUT2D eigenvalue weighted by atomic mass is 10.3. The van der Waals surface area contributed by atoms with E-state index >= 15 is 0 Å². The van der Waals surface area contributed by atoms with Crippen molar-refractivity contribution < 1.29 is 4.79 Å². The molecule has 0 saturated carbocycles. The van der Waals surface area contributed by atoms with E-state index in [0.717, 1.165) is 0 Å². The molecule has 0 saturated heterocycles. The van der Waals surface area contributed by atoms with E-state index in [1.807, 2.05) is 6.92 Å². The predicted octanol–water partition coefficient (Wildman–Crippen LogP) is 1.42. The van der Waals surface area contributed by atoms with E-state index in [2.05, 4.69) is 5.10 Å². The molecule has 0 aromatic carbocycles. The van der Waals surface area contributed by atoms with Gasteiger partial charge in [0.15, 0.2) is 0 Å². The molecule has 0 aromatic heterocycles. The van der Waals surface area contributed by atoms with Gasteiger partial charge in [-0.05, 0) is 20.8 Å². The Bertz CT molecular complexity index is 194. The highest BCUT2D eigenvalue weighted by Crippen LogP contribution is 1.97. The molecule has 0 N–H and O–H groups in total. The van der Waals surface area contributed by atoms with Crippen LogP contribution in [-0.4, -0.2) is 24.2 Å². The molecule has 0 heterocycles. The molecule has 3 heteroatoms. The summed E-state index contributed by atoms with van der Waals surface area (Å²) in [5.41, 5.74) is 0.707. The first-order chi connectivity index (χ1) is 5.13. The van der Waals surface area contributed by atoms with Gasteiger partial charge in [-0.3, -0.25) is 4.79 Å². The molecule has 3 nitrogen and oxygen atoms in total. The molecule has 0 bridgehead atoms. The van der Waals surface area contributed by atoms with Gasteiger partial charge >= 0.3 is 0 Å². The zero-order valence-corrected chi connectivity index (χ0v) is 7.46. The summed E-state index contributed by atoms with van der Waals surface area (Å²) in [6, 6.07) is 0. The maximum absolute atomic E-state index is 11.2. The molecule has 0 rings (SSSR count). The van der Waals surface area contributed by atoms with E-state index in [4.69, 9.17) is 0 Å². The summed E-state index contributed by atoms with van der Waals surface area (Å²) in [7, 11) is 1.63. The van der Waals surface area contributed by atoms with Crippen LogP contribution in [0, 0.1) is 0 Å². The number of likely N-dealkylation sites (N-methyl/N-ethyl adjacent to an activating group) is 1. The van der Waals surface area contributed by atoms with Crippen LogP contribution < -0.4 is 0 Å². The van der Waals surface area contributed by atoms with Crippen molar-refractivity contribution in [2.45, 2.75) is 20.8 Å². The third kappa shape index (κ3) is 2.98. The molecule has 0 aliphatic rings. The highest BCUT2D eigenvalue weighted by Gasteiger charge is 2.06. The first kappa shape index (κ1) is 9.88. The van der Waals surface area contributed by atoms with Crippen LogP contribution in [0.1, 0.15) is 20.8 Å². The molecule has 0 atom stereocenters. The largest absolute Gasteiger partial charge is 0.268 e. The highest BCUT2D eigenvalue weighted by molar-refractivity contribution is 5.92. The van der Waals surface area contributed by atoms with Crippen LogP contribution in [0.3, 0.4) is 0 Å². The van der Waals surface area contributed by atoms with Crippen LogP contribution in [0.25, 0.3) is 0 Å². The number of amides is 1. The van der Waals surface area contributed by atoms with E-state index < -0.39 is 0 Å². The first-order valence-electron chi connectivity index (χ1n) is 3.53. The van der Waals surface area contributed by atoms with Crippen molar-refractivity contribution in [1.29, 1.82) is 0 Å². The van der Waals surface area contributed by atoms with Crippen molar-refractivity contribution in [2.75, 3.05) is 7.05 Å². The minimum atomic E-state index is -0.0643. The summed E-state index contributed by atoms with van der Waals surface area (Å²) in [6.45, 7) is 5.37. The number of hydrogen-bond donors (Lipinski definition) is 0. The average molecular weight is 154 g/mol. The lowest BCUT2D eigenvalue weighted by Crippen LogP contribution is -2.21. The summed E-state index contributed by atoms with van der Waals surface area (Å²) < 4.78 is 0. The fourth-order valence-electron chi connectivity index (χ4n) is 0.604. The van der Waals surface area contributed by atoms with Gasteiger partial charge in [0, 0.05) is 18.8 Å². The number of carbonyl (C=O) groups is 1. The van der Waals surface area contributed by atoms with Gasteiger partial charge in [-0.25, -0.2) is 5.01 Å². The summed E-state index contributed by atoms with van der Waals surface area (Å²) in [5.74, 6) is -0.0643. The molecule has 1 amide bonds. The molecular weight excluding hydrogens is 140 g/mol. The van der Waals surface area contributed by atoms with Crippen LogP contribution >= 0.6 is 0 Å². The van der Waals surface area contributed by atoms with E-state index in [1.54, 1.807) is 33.2 Å². The van der Waals surface area contributed by atoms with Gasteiger partial charge < -0.3 is 0 Å². The molecular formula is C8H14N2O. The van der Waals surface area contributed by atoms with Crippen molar-refractivity contribution in [3.05, 3.63) is 11.6 Å². The second kappa shape index (κ2) is 4.66. The molecule has 0 fully saturated rings. The van der Waals surface area contributed by atoms with Crippen LogP contribution in [0.4, 0.5) is 0 Å². The summed E-state index contributed by atoms with van der Waals surface area (Å²) >= 11 is 0. The second-order valence-electron chi connectivity index (χ2n) is 2.17. The van der Waals surface area contributed by atoms with E-state index in [9.17, 15) is 4.79 Å². The summed E-state index contributed by atoms with van der Waals surface area (Å²) in [6.07, 6.45) is 3.35. The Hall–Kier alpha value is -1.12. The topological polar surface area (TPSA) is 32.7 Å². The standard InChI is InChI=1S/C8H14N2O/c1-5-7(3)8(11)10(4)9-6-2/h5-6H,1-4H3/b7-5-,9-6-. The van der Waals surface area contributed by atoms with Crippen molar-refractivity contribution in [3.8, 4) is 0 Å². The first-order valence-corrected chi connectivity index (χ1v) is 3.53. The maximum Gasteiger partial charge on any atom is 0.268 e. The molecule has 0 aliphatic carbocycles. The van der Waals surface area contributed by atoms with E-state index in [-0.39, 0.29) is 5.91 Å². The van der Waals surface area contributed by atoms with Crippen LogP contribution in [-0.2, 0) is 4.79 Å². The summed E-state index contributed by atoms with van der Waals surface area (Å²) in [5, 5.41) is 5.13. The minimum absolute atomic E-state index is 0.0643. The van der Waals surface area contributed by atoms with Crippen LogP contribution in [0.5, 0.6) is 0 Å². The minimum Gasteiger partial charge on any atom is -0.268 e. The Morgan fingerprint density at radius 2 is 2.00 bits per heavy atom. The van der Waals surface area contributed by atoms with Crippen molar-refractivity contribution >= 4 is 12.1 Å². The quantitative estimate of drug-likeness (QED) is 0.336. The van der Waals surface area contributed by atoms with Crippen molar-refractivity contribution in [1.82, 2.24) is 5.01 Å². The fourth-order valence-corrected chi connectivity index (χ4v) is 0.604. The molecule has 0 spiro atoms. The second-order valence-corrected chi connectivity index (χ2v) is 2.17. The summed E-state index contributed by atoms with van der Waals surface area (Å²) in [4.78, 5) is 11.2. The van der Waals surface area contributed by atoms with Gasteiger partial charge in [-0.2, -0.15) is 5.10 Å². The molecule has 0 unspecified atom stereocenters. The Balaban J connectivity index is 4.25. The van der Waals surface area contributed by atoms with E-state index in [0.29, 0.717) is 5.57 Å². The lowest BCUT2D eigenvalue weighted by molar-refractivity contribution is -0.125. The van der Waals surface area contributed by atoms with Gasteiger partial charge in [0.05, 0.1) is 0 Å². The Morgan fingerprint density at radius 3 is 2.36 bits per heavy atom. The molecule has 0 radical (unpaired) electrons. The van der Waals surface area contributed by atoms with Crippen LogP contribution in [0.15, 0.2) is 16.8 Å². The zero-order chi connectivity index (χ0) is 8.85. The van der Waals surface area contributed by atoms with Gasteiger partial charge in [0.2, 0.25) is 0 Å². The van der Waals surface area contributed by atoms with Gasteiger partial charge in [0.25, 0.3) is 5.91 Å². The molecule has 0 aliphatic heterocycles. The number of hydrazone groups is 1. The molecule has 62 valence electrons. The number of hydrogen-bond acceptors (Lipinski definition) is 2. The normalized spacial score (nSPS) is 12.2. The lowest BCUT2D eigenvalue weighted by Gasteiger charge is -2.09. The van der Waals surface area contributed by atoms with Crippen molar-refractivity contribution in [3.63, 3.8) is 0 Å². The van der Waals surface area contributed by atoms with Gasteiger partial charge in [0.1, 0.15) is 0 Å². The monoisotopic (exact) mass is 154 g/mol. The van der Waals surface area contributed by atoms with Gasteiger partial charge in [-0.1, -0.05) is 6.08 Å². The number of nitrogens with zero attached hydrogens (tertiary/aromatic N) is 2. The Labute approximate surface area is 67.4 Å². The fraction of sp³-hybridized carbons (Fsp3) is 0.500. The Kier molecular flexibility index (Phi) is 4.18. The number of allylic oxidation sites excluding steroid dienone is 1. The van der Waals surface area contributed by atoms with Gasteiger partial charge in [-0.15, -0.1) is 0 Å². The average Bonchev–Trinajstić information content (AvgIpc) is 2.02. The maximum atomic E-state index is 11.2. The molecule has 11 heavy (non-hydrogen) atoms. The molecule has 0 aromatic rings. The smallest absolute Gasteiger partial charge is 0.268 e. The zero-order valence-electron chi connectivity index (χ0n) is 7.46. The third-order valence-corrected chi connectivity index (χ3v) is 1.35. The SMILES string of the molecule is C/C=N\N(C)C(=O)/C(C)=C\C. The predicted molar refractivity (Wildman–Crippen MR) is 46.4 cm³/mol.